The Hall–Kier alpha value is -2.53. The molecule has 1 N–H and O–H groups in total. The predicted molar refractivity (Wildman–Crippen MR) is 111 cm³/mol. The molecule has 4 rings (SSSR count). The topological polar surface area (TPSA) is 49.0 Å². The molecule has 0 unspecified atom stereocenters. The van der Waals surface area contributed by atoms with Crippen molar-refractivity contribution < 1.29 is 4.79 Å². The zero-order valence-electron chi connectivity index (χ0n) is 15.4. The van der Waals surface area contributed by atoms with Gasteiger partial charge in [0.2, 0.25) is 5.91 Å². The van der Waals surface area contributed by atoms with Crippen LogP contribution in [0.5, 0.6) is 0 Å². The molecule has 1 amide bonds. The van der Waals surface area contributed by atoms with Crippen LogP contribution in [0.4, 0.5) is 0 Å². The van der Waals surface area contributed by atoms with E-state index in [1.165, 1.54) is 11.8 Å². The molecule has 1 fully saturated rings. The van der Waals surface area contributed by atoms with Gasteiger partial charge in [-0.2, -0.15) is 0 Å². The summed E-state index contributed by atoms with van der Waals surface area (Å²) in [7, 11) is 0. The second kappa shape index (κ2) is 8.01. The standard InChI is InChI=1S/C22H23N3OS/c1-16(21(26)25-14-8-9-15-25)27-22-23-19(17-10-4-2-5-11-17)20(24-22)18-12-6-3-7-13-18/h2-7,10-13,16H,8-9,14-15H2,1H3,(H,23,24)/t16-/m1/s1. The number of aromatic amines is 1. The number of carbonyl (C=O) groups is 1. The van der Waals surface area contributed by atoms with Crippen LogP contribution in [-0.4, -0.2) is 39.1 Å². The number of benzene rings is 2. The predicted octanol–water partition coefficient (Wildman–Crippen LogP) is 4.85. The van der Waals surface area contributed by atoms with Gasteiger partial charge in [0.05, 0.1) is 16.6 Å². The summed E-state index contributed by atoms with van der Waals surface area (Å²) in [5.41, 5.74) is 4.07. The highest BCUT2D eigenvalue weighted by Crippen LogP contribution is 2.34. The van der Waals surface area contributed by atoms with Crippen LogP contribution in [0.2, 0.25) is 0 Å². The molecule has 0 radical (unpaired) electrons. The molecular formula is C22H23N3OS. The second-order valence-electron chi connectivity index (χ2n) is 6.79. The lowest BCUT2D eigenvalue weighted by molar-refractivity contribution is -0.129. The van der Waals surface area contributed by atoms with Crippen molar-refractivity contribution in [2.75, 3.05) is 13.1 Å². The van der Waals surface area contributed by atoms with Crippen LogP contribution < -0.4 is 0 Å². The summed E-state index contributed by atoms with van der Waals surface area (Å²) in [6.45, 7) is 3.73. The van der Waals surface area contributed by atoms with Gasteiger partial charge in [0.1, 0.15) is 0 Å². The Bertz CT molecular complexity index is 845. The molecule has 0 spiro atoms. The summed E-state index contributed by atoms with van der Waals surface area (Å²) < 4.78 is 0. The van der Waals surface area contributed by atoms with Gasteiger partial charge in [-0.3, -0.25) is 4.79 Å². The van der Waals surface area contributed by atoms with E-state index < -0.39 is 0 Å². The third-order valence-electron chi connectivity index (χ3n) is 4.85. The van der Waals surface area contributed by atoms with E-state index in [4.69, 9.17) is 4.98 Å². The maximum atomic E-state index is 12.6. The lowest BCUT2D eigenvalue weighted by Gasteiger charge is -2.19. The highest BCUT2D eigenvalue weighted by atomic mass is 32.2. The number of hydrogen-bond donors (Lipinski definition) is 1. The second-order valence-corrected chi connectivity index (χ2v) is 8.12. The van der Waals surface area contributed by atoms with E-state index in [9.17, 15) is 4.79 Å². The molecule has 0 aliphatic carbocycles. The fourth-order valence-electron chi connectivity index (χ4n) is 3.44. The minimum absolute atomic E-state index is 0.151. The van der Waals surface area contributed by atoms with Gasteiger partial charge < -0.3 is 9.88 Å². The van der Waals surface area contributed by atoms with Crippen molar-refractivity contribution in [2.24, 2.45) is 0 Å². The Labute approximate surface area is 164 Å². The quantitative estimate of drug-likeness (QED) is 0.647. The number of imidazole rings is 1. The zero-order valence-corrected chi connectivity index (χ0v) is 16.2. The molecule has 5 heteroatoms. The van der Waals surface area contributed by atoms with E-state index in [1.54, 1.807) is 0 Å². The Morgan fingerprint density at radius 2 is 1.59 bits per heavy atom. The first-order chi connectivity index (χ1) is 13.2. The van der Waals surface area contributed by atoms with Gasteiger partial charge in [0.15, 0.2) is 5.16 Å². The number of thioether (sulfide) groups is 1. The summed E-state index contributed by atoms with van der Waals surface area (Å²) in [4.78, 5) is 22.9. The van der Waals surface area contributed by atoms with Crippen molar-refractivity contribution in [1.29, 1.82) is 0 Å². The molecule has 138 valence electrons. The summed E-state index contributed by atoms with van der Waals surface area (Å²) in [6.07, 6.45) is 2.22. The van der Waals surface area contributed by atoms with E-state index in [-0.39, 0.29) is 11.2 Å². The smallest absolute Gasteiger partial charge is 0.235 e. The van der Waals surface area contributed by atoms with E-state index in [0.717, 1.165) is 53.6 Å². The molecule has 2 heterocycles. The number of nitrogens with one attached hydrogen (secondary N) is 1. The van der Waals surface area contributed by atoms with Crippen molar-refractivity contribution in [1.82, 2.24) is 14.9 Å². The van der Waals surface area contributed by atoms with Crippen LogP contribution >= 0.6 is 11.8 Å². The fraction of sp³-hybridized carbons (Fsp3) is 0.273. The first-order valence-corrected chi connectivity index (χ1v) is 10.3. The molecule has 0 saturated carbocycles. The molecule has 2 aromatic carbocycles. The highest BCUT2D eigenvalue weighted by molar-refractivity contribution is 8.00. The highest BCUT2D eigenvalue weighted by Gasteiger charge is 2.25. The molecule has 4 nitrogen and oxygen atoms in total. The summed E-state index contributed by atoms with van der Waals surface area (Å²) in [6, 6.07) is 20.4. The number of H-pyrrole nitrogens is 1. The van der Waals surface area contributed by atoms with Crippen LogP contribution in [0.15, 0.2) is 65.8 Å². The van der Waals surface area contributed by atoms with Crippen molar-refractivity contribution >= 4 is 17.7 Å². The van der Waals surface area contributed by atoms with Crippen molar-refractivity contribution in [3.63, 3.8) is 0 Å². The molecule has 1 aliphatic heterocycles. The van der Waals surface area contributed by atoms with Gasteiger partial charge >= 0.3 is 0 Å². The number of amides is 1. The summed E-state index contributed by atoms with van der Waals surface area (Å²) in [5, 5.41) is 0.634. The van der Waals surface area contributed by atoms with Gasteiger partial charge in [-0.1, -0.05) is 72.4 Å². The van der Waals surface area contributed by atoms with Gasteiger partial charge in [-0.05, 0) is 19.8 Å². The van der Waals surface area contributed by atoms with Gasteiger partial charge in [0, 0.05) is 24.2 Å². The first kappa shape index (κ1) is 17.9. The lowest BCUT2D eigenvalue weighted by atomic mass is 10.1. The monoisotopic (exact) mass is 377 g/mol. The number of rotatable bonds is 5. The van der Waals surface area contributed by atoms with Crippen LogP contribution in [0.3, 0.4) is 0 Å². The zero-order chi connectivity index (χ0) is 18.6. The number of aromatic nitrogens is 2. The third kappa shape index (κ3) is 3.93. The molecule has 27 heavy (non-hydrogen) atoms. The van der Waals surface area contributed by atoms with Gasteiger partial charge in [-0.15, -0.1) is 0 Å². The van der Waals surface area contributed by atoms with Crippen LogP contribution in [-0.2, 0) is 4.79 Å². The third-order valence-corrected chi connectivity index (χ3v) is 5.82. The molecular weight excluding hydrogens is 354 g/mol. The van der Waals surface area contributed by atoms with Crippen molar-refractivity contribution in [3.05, 3.63) is 60.7 Å². The average Bonchev–Trinajstić information content (AvgIpc) is 3.39. The molecule has 1 atom stereocenters. The van der Waals surface area contributed by atoms with E-state index in [2.05, 4.69) is 29.2 Å². The minimum Gasteiger partial charge on any atom is -0.342 e. The number of nitrogens with zero attached hydrogens (tertiary/aromatic N) is 2. The van der Waals surface area contributed by atoms with Crippen molar-refractivity contribution in [2.45, 2.75) is 30.2 Å². The largest absolute Gasteiger partial charge is 0.342 e. The van der Waals surface area contributed by atoms with Crippen LogP contribution in [0, 0.1) is 0 Å². The molecule has 1 saturated heterocycles. The summed E-state index contributed by atoms with van der Waals surface area (Å²) >= 11 is 1.50. The normalized spacial score (nSPS) is 15.1. The Kier molecular flexibility index (Phi) is 5.30. The Morgan fingerprint density at radius 1 is 1.00 bits per heavy atom. The lowest BCUT2D eigenvalue weighted by Crippen LogP contribution is -2.34. The SMILES string of the molecule is C[C@@H](Sc1nc(-c2ccccc2)c(-c2ccccc2)[nH]1)C(=O)N1CCCC1. The molecule has 0 bridgehead atoms. The Morgan fingerprint density at radius 3 is 2.22 bits per heavy atom. The van der Waals surface area contributed by atoms with Crippen molar-refractivity contribution in [3.8, 4) is 22.5 Å². The van der Waals surface area contributed by atoms with E-state index in [0.29, 0.717) is 0 Å². The summed E-state index contributed by atoms with van der Waals surface area (Å²) in [5.74, 6) is 0.205. The number of hydrogen-bond acceptors (Lipinski definition) is 3. The maximum Gasteiger partial charge on any atom is 0.235 e. The Balaban J connectivity index is 1.64. The molecule has 1 aromatic heterocycles. The van der Waals surface area contributed by atoms with E-state index in [1.807, 2.05) is 48.2 Å². The first-order valence-electron chi connectivity index (χ1n) is 9.38. The van der Waals surface area contributed by atoms with E-state index >= 15 is 0 Å². The molecule has 3 aromatic rings. The maximum absolute atomic E-state index is 12.6. The average molecular weight is 378 g/mol. The minimum atomic E-state index is -0.151. The van der Waals surface area contributed by atoms with Crippen LogP contribution in [0.1, 0.15) is 19.8 Å². The fourth-order valence-corrected chi connectivity index (χ4v) is 4.33. The van der Waals surface area contributed by atoms with Crippen LogP contribution in [0.25, 0.3) is 22.5 Å². The van der Waals surface area contributed by atoms with Gasteiger partial charge in [0.25, 0.3) is 0 Å². The van der Waals surface area contributed by atoms with Gasteiger partial charge in [-0.25, -0.2) is 4.98 Å². The molecule has 1 aliphatic rings. The number of likely N-dealkylation sites (tertiary alicyclic amines) is 1. The number of carbonyl (C=O) groups excluding carboxylic acids is 1.